The molecule has 0 fully saturated rings. The minimum absolute atomic E-state index is 0.0101. The highest BCUT2D eigenvalue weighted by atomic mass is 32.2. The fourth-order valence-corrected chi connectivity index (χ4v) is 3.99. The van der Waals surface area contributed by atoms with Crippen LogP contribution in [0.3, 0.4) is 0 Å². The first-order valence-electron chi connectivity index (χ1n) is 9.18. The van der Waals surface area contributed by atoms with Gasteiger partial charge in [0.05, 0.1) is 12.0 Å². The first-order chi connectivity index (χ1) is 14.8. The van der Waals surface area contributed by atoms with Crippen molar-refractivity contribution in [3.05, 3.63) is 53.7 Å². The van der Waals surface area contributed by atoms with Crippen LogP contribution in [-0.4, -0.2) is 42.6 Å². The number of aryl methyl sites for hydroxylation is 1. The number of benzene rings is 2. The predicted molar refractivity (Wildman–Crippen MR) is 110 cm³/mol. The fourth-order valence-electron chi connectivity index (χ4n) is 3.36. The molecule has 0 aliphatic carbocycles. The van der Waals surface area contributed by atoms with Crippen molar-refractivity contribution in [2.45, 2.75) is 24.5 Å². The number of rotatable bonds is 6. The normalized spacial score (nSPS) is 12.1. The van der Waals surface area contributed by atoms with Crippen LogP contribution >= 0.6 is 0 Å². The van der Waals surface area contributed by atoms with Crippen molar-refractivity contribution in [2.75, 3.05) is 13.4 Å². The summed E-state index contributed by atoms with van der Waals surface area (Å²) in [7, 11) is -2.08. The summed E-state index contributed by atoms with van der Waals surface area (Å²) in [5, 5.41) is 13.1. The second-order valence-corrected chi connectivity index (χ2v) is 9.12. The van der Waals surface area contributed by atoms with Crippen LogP contribution in [0.15, 0.2) is 47.4 Å². The van der Waals surface area contributed by atoms with Crippen LogP contribution in [-0.2, 0) is 27.4 Å². The largest absolute Gasteiger partial charge is 0.496 e. The van der Waals surface area contributed by atoms with E-state index in [1.54, 1.807) is 6.92 Å². The zero-order valence-corrected chi connectivity index (χ0v) is 18.1. The Balaban J connectivity index is 2.34. The number of halogens is 3. The maximum atomic E-state index is 14.1. The van der Waals surface area contributed by atoms with E-state index in [1.807, 2.05) is 0 Å². The average Bonchev–Trinajstić information content (AvgIpc) is 3.06. The molecule has 0 aliphatic heterocycles. The second-order valence-electron chi connectivity index (χ2n) is 7.10. The van der Waals surface area contributed by atoms with E-state index in [9.17, 15) is 26.4 Å². The van der Waals surface area contributed by atoms with Gasteiger partial charge in [-0.1, -0.05) is 18.2 Å². The molecule has 0 bridgehead atoms. The van der Waals surface area contributed by atoms with Crippen molar-refractivity contribution in [1.82, 2.24) is 9.78 Å². The Kier molecular flexibility index (Phi) is 6.05. The van der Waals surface area contributed by atoms with Gasteiger partial charge in [0.1, 0.15) is 18.0 Å². The molecule has 0 spiro atoms. The van der Waals surface area contributed by atoms with Crippen molar-refractivity contribution >= 4 is 15.8 Å². The van der Waals surface area contributed by atoms with Crippen LogP contribution in [0, 0.1) is 6.92 Å². The molecule has 1 aromatic heterocycles. The summed E-state index contributed by atoms with van der Waals surface area (Å²) in [6.45, 7) is 0.663. The molecule has 0 radical (unpaired) electrons. The molecule has 11 heteroatoms. The van der Waals surface area contributed by atoms with Crippen molar-refractivity contribution in [2.24, 2.45) is 0 Å². The maximum Gasteiger partial charge on any atom is 0.433 e. The van der Waals surface area contributed by atoms with Gasteiger partial charge >= 0.3 is 12.1 Å². The lowest BCUT2D eigenvalue weighted by Gasteiger charge is -2.13. The Morgan fingerprint density at radius 3 is 2.19 bits per heavy atom. The highest BCUT2D eigenvalue weighted by molar-refractivity contribution is 7.90. The Morgan fingerprint density at radius 2 is 1.72 bits per heavy atom. The lowest BCUT2D eigenvalue weighted by molar-refractivity contribution is -0.146. The Labute approximate surface area is 182 Å². The molecule has 32 heavy (non-hydrogen) atoms. The molecule has 1 heterocycles. The molecular weight excluding hydrogens is 449 g/mol. The third-order valence-corrected chi connectivity index (χ3v) is 5.87. The summed E-state index contributed by atoms with van der Waals surface area (Å²) >= 11 is 0. The van der Waals surface area contributed by atoms with Gasteiger partial charge < -0.3 is 9.84 Å². The minimum Gasteiger partial charge on any atom is -0.496 e. The molecule has 0 aliphatic rings. The van der Waals surface area contributed by atoms with E-state index in [0.717, 1.165) is 6.26 Å². The third kappa shape index (κ3) is 4.62. The Morgan fingerprint density at radius 1 is 1.12 bits per heavy atom. The molecule has 170 valence electrons. The number of aliphatic carboxylic acids is 1. The first-order valence-corrected chi connectivity index (χ1v) is 11.1. The summed E-state index contributed by atoms with van der Waals surface area (Å²) in [6.07, 6.45) is -3.90. The van der Waals surface area contributed by atoms with Gasteiger partial charge in [0.25, 0.3) is 0 Å². The fraction of sp³-hybridized carbons (Fsp3) is 0.238. The van der Waals surface area contributed by atoms with Crippen LogP contribution in [0.4, 0.5) is 13.2 Å². The number of carbonyl (C=O) groups is 1. The highest BCUT2D eigenvalue weighted by Gasteiger charge is 2.41. The lowest BCUT2D eigenvalue weighted by atomic mass is 9.97. The number of sulfone groups is 1. The van der Waals surface area contributed by atoms with E-state index in [0.29, 0.717) is 16.0 Å². The lowest BCUT2D eigenvalue weighted by Crippen LogP contribution is -2.19. The number of carboxylic acids is 1. The number of nitrogens with zero attached hydrogens (tertiary/aromatic N) is 2. The molecule has 3 rings (SSSR count). The monoisotopic (exact) mass is 468 g/mol. The SMILES string of the molecule is COc1ccc(-c2c(-c3ccc(S(C)(=O)=O)cc3)nn(CC(=O)O)c2C(F)(F)F)cc1C. The van der Waals surface area contributed by atoms with Crippen molar-refractivity contribution in [1.29, 1.82) is 0 Å². The van der Waals surface area contributed by atoms with Gasteiger partial charge in [-0.25, -0.2) is 13.1 Å². The number of ether oxygens (including phenoxy) is 1. The molecule has 1 N–H and O–H groups in total. The molecule has 0 saturated carbocycles. The summed E-state index contributed by atoms with van der Waals surface area (Å²) in [6, 6.07) is 9.63. The predicted octanol–water partition coefficient (Wildman–Crippen LogP) is 4.04. The van der Waals surface area contributed by atoms with Crippen LogP contribution in [0.5, 0.6) is 5.75 Å². The van der Waals surface area contributed by atoms with Gasteiger partial charge in [-0.3, -0.25) is 4.79 Å². The number of carboxylic acid groups (broad SMARTS) is 1. The quantitative estimate of drug-likeness (QED) is 0.586. The zero-order valence-electron chi connectivity index (χ0n) is 17.3. The second kappa shape index (κ2) is 8.30. The van der Waals surface area contributed by atoms with E-state index >= 15 is 0 Å². The van der Waals surface area contributed by atoms with Crippen molar-refractivity contribution < 1.29 is 36.2 Å². The average molecular weight is 468 g/mol. The molecule has 7 nitrogen and oxygen atoms in total. The van der Waals surface area contributed by atoms with E-state index in [4.69, 9.17) is 9.84 Å². The zero-order chi connectivity index (χ0) is 23.8. The van der Waals surface area contributed by atoms with E-state index in [2.05, 4.69) is 5.10 Å². The summed E-state index contributed by atoms with van der Waals surface area (Å²) in [5.74, 6) is -1.02. The van der Waals surface area contributed by atoms with Crippen molar-refractivity contribution in [3.8, 4) is 28.1 Å². The van der Waals surface area contributed by atoms with Gasteiger partial charge in [0.2, 0.25) is 0 Å². The van der Waals surface area contributed by atoms with Gasteiger partial charge in [0.15, 0.2) is 15.5 Å². The Bertz CT molecular complexity index is 1280. The van der Waals surface area contributed by atoms with E-state index in [-0.39, 0.29) is 27.3 Å². The van der Waals surface area contributed by atoms with Gasteiger partial charge in [-0.05, 0) is 42.3 Å². The molecule has 2 aromatic carbocycles. The van der Waals surface area contributed by atoms with Crippen LogP contribution in [0.1, 0.15) is 11.3 Å². The van der Waals surface area contributed by atoms with Crippen LogP contribution < -0.4 is 4.74 Å². The number of hydrogen-bond donors (Lipinski definition) is 1. The van der Waals surface area contributed by atoms with Crippen LogP contribution in [0.25, 0.3) is 22.4 Å². The molecule has 3 aromatic rings. The topological polar surface area (TPSA) is 98.5 Å². The highest BCUT2D eigenvalue weighted by Crippen LogP contribution is 2.43. The van der Waals surface area contributed by atoms with Crippen molar-refractivity contribution in [3.63, 3.8) is 0 Å². The summed E-state index contributed by atoms with van der Waals surface area (Å²) in [5.41, 5.74) is -0.709. The third-order valence-electron chi connectivity index (χ3n) is 4.75. The van der Waals surface area contributed by atoms with Gasteiger partial charge in [0, 0.05) is 17.4 Å². The number of aromatic nitrogens is 2. The smallest absolute Gasteiger partial charge is 0.433 e. The van der Waals surface area contributed by atoms with Gasteiger partial charge in [-0.15, -0.1) is 0 Å². The number of hydrogen-bond acceptors (Lipinski definition) is 5. The Hall–Kier alpha value is -3.34. The van der Waals surface area contributed by atoms with Gasteiger partial charge in [-0.2, -0.15) is 18.3 Å². The number of alkyl halides is 3. The van der Waals surface area contributed by atoms with E-state index < -0.39 is 34.2 Å². The standard InChI is InChI=1S/C21H19F3N2O5S/c1-12-10-14(6-9-16(12)31-2)18-19(13-4-7-15(8-5-13)32(3,29)30)25-26(11-17(27)28)20(18)21(22,23)24/h4-10H,11H2,1-3H3,(H,27,28). The maximum absolute atomic E-state index is 14.1. The van der Waals surface area contributed by atoms with Crippen LogP contribution in [0.2, 0.25) is 0 Å². The minimum atomic E-state index is -4.91. The summed E-state index contributed by atoms with van der Waals surface area (Å²) < 4.78 is 71.3. The molecular formula is C21H19F3N2O5S. The van der Waals surface area contributed by atoms with E-state index in [1.165, 1.54) is 49.6 Å². The number of methoxy groups -OCH3 is 1. The molecule has 0 atom stereocenters. The molecule has 0 saturated heterocycles. The molecule has 0 amide bonds. The first kappa shape index (κ1) is 23.3. The summed E-state index contributed by atoms with van der Waals surface area (Å²) in [4.78, 5) is 11.2. The molecule has 0 unspecified atom stereocenters.